The Labute approximate surface area is 186 Å². The first kappa shape index (κ1) is 22.6. The van der Waals surface area contributed by atoms with E-state index in [2.05, 4.69) is 4.98 Å². The highest BCUT2D eigenvalue weighted by atomic mass is 32.1. The minimum atomic E-state index is -0.144. The van der Waals surface area contributed by atoms with Gasteiger partial charge >= 0.3 is 0 Å². The summed E-state index contributed by atoms with van der Waals surface area (Å²) in [7, 11) is 8.64. The van der Waals surface area contributed by atoms with Crippen molar-refractivity contribution in [1.82, 2.24) is 9.88 Å². The lowest BCUT2D eigenvalue weighted by Gasteiger charge is -2.20. The lowest BCUT2D eigenvalue weighted by Crippen LogP contribution is -2.35. The van der Waals surface area contributed by atoms with Gasteiger partial charge in [0.25, 0.3) is 5.91 Å². The maximum atomic E-state index is 13.1. The number of nitrogens with zero attached hydrogens (tertiary/aromatic N) is 3. The number of benzene rings is 2. The summed E-state index contributed by atoms with van der Waals surface area (Å²) in [5, 5.41) is 0.683. The highest BCUT2D eigenvalue weighted by Gasteiger charge is 2.18. The number of thiazole rings is 1. The number of carbonyl (C=O) groups is 1. The third-order valence-electron chi connectivity index (χ3n) is 4.66. The number of fused-ring (bicyclic) bond motifs is 1. The van der Waals surface area contributed by atoms with Crippen molar-refractivity contribution in [2.24, 2.45) is 0 Å². The molecule has 164 valence electrons. The van der Waals surface area contributed by atoms with E-state index >= 15 is 0 Å². The molecule has 0 spiro atoms. The smallest absolute Gasteiger partial charge is 0.252 e. The minimum Gasteiger partial charge on any atom is -0.493 e. The van der Waals surface area contributed by atoms with Crippen LogP contribution in [0.25, 0.3) is 16.3 Å². The van der Waals surface area contributed by atoms with Crippen LogP contribution in [0.5, 0.6) is 17.2 Å². The molecule has 0 fully saturated rings. The van der Waals surface area contributed by atoms with Gasteiger partial charge in [-0.2, -0.15) is 0 Å². The molecule has 0 unspecified atom stereocenters. The van der Waals surface area contributed by atoms with Gasteiger partial charge in [0.05, 0.1) is 31.5 Å². The number of ether oxygens (including phenoxy) is 3. The van der Waals surface area contributed by atoms with Crippen molar-refractivity contribution in [3.05, 3.63) is 48.0 Å². The van der Waals surface area contributed by atoms with E-state index in [0.29, 0.717) is 28.9 Å². The Bertz CT molecular complexity index is 1020. The van der Waals surface area contributed by atoms with Gasteiger partial charge in [-0.15, -0.1) is 0 Å². The number of likely N-dealkylation sites (N-methyl/N-ethyl adjacent to an activating group) is 1. The fourth-order valence-corrected chi connectivity index (χ4v) is 4.03. The maximum Gasteiger partial charge on any atom is 0.252 e. The summed E-state index contributed by atoms with van der Waals surface area (Å²) in [5.41, 5.74) is 1.65. The molecule has 3 rings (SSSR count). The molecular weight excluding hydrogens is 414 g/mol. The van der Waals surface area contributed by atoms with Gasteiger partial charge in [-0.25, -0.2) is 4.98 Å². The van der Waals surface area contributed by atoms with Crippen LogP contribution in [0.4, 0.5) is 5.13 Å². The molecule has 0 radical (unpaired) electrons. The van der Waals surface area contributed by atoms with Crippen molar-refractivity contribution in [2.45, 2.75) is 0 Å². The molecule has 0 N–H and O–H groups in total. The molecule has 8 heteroatoms. The van der Waals surface area contributed by atoms with Crippen LogP contribution in [0.15, 0.2) is 42.5 Å². The fourth-order valence-electron chi connectivity index (χ4n) is 3.03. The predicted octanol–water partition coefficient (Wildman–Crippen LogP) is 3.93. The molecular formula is C23H27N3O4S. The van der Waals surface area contributed by atoms with E-state index in [0.717, 1.165) is 22.3 Å². The normalized spacial score (nSPS) is 11.3. The van der Waals surface area contributed by atoms with Gasteiger partial charge in [0, 0.05) is 19.2 Å². The molecule has 0 saturated carbocycles. The molecule has 0 saturated heterocycles. The summed E-state index contributed by atoms with van der Waals surface area (Å²) in [6.07, 6.45) is 3.28. The van der Waals surface area contributed by atoms with E-state index in [1.807, 2.05) is 43.3 Å². The molecule has 2 aromatic carbocycles. The maximum absolute atomic E-state index is 13.1. The molecule has 1 amide bonds. The molecule has 0 aliphatic carbocycles. The van der Waals surface area contributed by atoms with Gasteiger partial charge in [0.1, 0.15) is 0 Å². The van der Waals surface area contributed by atoms with Crippen LogP contribution in [0.1, 0.15) is 5.56 Å². The second kappa shape index (κ2) is 10.3. The third kappa shape index (κ3) is 5.34. The molecule has 1 aromatic heterocycles. The van der Waals surface area contributed by atoms with Crippen molar-refractivity contribution < 1.29 is 19.0 Å². The first-order valence-corrected chi connectivity index (χ1v) is 10.6. The SMILES string of the molecule is COc1cc(C=CC(=O)N(CCN(C)C)c2nc3ccccc3s2)cc(OC)c1OC. The van der Waals surface area contributed by atoms with Crippen LogP contribution in [0.3, 0.4) is 0 Å². The highest BCUT2D eigenvalue weighted by molar-refractivity contribution is 7.22. The average Bonchev–Trinajstić information content (AvgIpc) is 3.20. The highest BCUT2D eigenvalue weighted by Crippen LogP contribution is 2.38. The number of rotatable bonds is 9. The van der Waals surface area contributed by atoms with E-state index in [1.54, 1.807) is 50.5 Å². The monoisotopic (exact) mass is 441 g/mol. The topological polar surface area (TPSA) is 64.1 Å². The largest absolute Gasteiger partial charge is 0.493 e. The summed E-state index contributed by atoms with van der Waals surface area (Å²) >= 11 is 1.51. The van der Waals surface area contributed by atoms with Crippen molar-refractivity contribution >= 4 is 38.7 Å². The zero-order chi connectivity index (χ0) is 22.4. The lowest BCUT2D eigenvalue weighted by atomic mass is 10.1. The Hall–Kier alpha value is -3.10. The molecule has 7 nitrogen and oxygen atoms in total. The van der Waals surface area contributed by atoms with Crippen molar-refractivity contribution in [3.63, 3.8) is 0 Å². The Morgan fingerprint density at radius 2 is 1.71 bits per heavy atom. The number of carbonyl (C=O) groups excluding carboxylic acids is 1. The summed E-state index contributed by atoms with van der Waals surface area (Å²) in [5.74, 6) is 1.43. The summed E-state index contributed by atoms with van der Waals surface area (Å²) in [6.45, 7) is 1.25. The molecule has 1 heterocycles. The number of hydrogen-bond donors (Lipinski definition) is 0. The number of anilines is 1. The van der Waals surface area contributed by atoms with E-state index < -0.39 is 0 Å². The molecule has 0 bridgehead atoms. The van der Waals surface area contributed by atoms with Gasteiger partial charge < -0.3 is 19.1 Å². The van der Waals surface area contributed by atoms with Crippen LogP contribution in [0.2, 0.25) is 0 Å². The van der Waals surface area contributed by atoms with Crippen LogP contribution in [-0.4, -0.2) is 64.3 Å². The Balaban J connectivity index is 1.90. The van der Waals surface area contributed by atoms with Gasteiger partial charge in [-0.3, -0.25) is 9.69 Å². The summed E-state index contributed by atoms with van der Waals surface area (Å²) in [6, 6.07) is 11.5. The van der Waals surface area contributed by atoms with Crippen molar-refractivity contribution in [1.29, 1.82) is 0 Å². The Morgan fingerprint density at radius 1 is 1.03 bits per heavy atom. The van der Waals surface area contributed by atoms with Gasteiger partial charge in [0.15, 0.2) is 16.6 Å². The Morgan fingerprint density at radius 3 is 2.29 bits per heavy atom. The zero-order valence-electron chi connectivity index (χ0n) is 18.4. The van der Waals surface area contributed by atoms with E-state index in [9.17, 15) is 4.79 Å². The first-order valence-electron chi connectivity index (χ1n) is 9.76. The molecule has 3 aromatic rings. The van der Waals surface area contributed by atoms with Crippen molar-refractivity contribution in [3.8, 4) is 17.2 Å². The van der Waals surface area contributed by atoms with Crippen LogP contribution in [-0.2, 0) is 4.79 Å². The molecule has 0 aliphatic rings. The molecule has 31 heavy (non-hydrogen) atoms. The number of methoxy groups -OCH3 is 3. The predicted molar refractivity (Wildman–Crippen MR) is 126 cm³/mol. The summed E-state index contributed by atoms with van der Waals surface area (Å²) in [4.78, 5) is 21.5. The second-order valence-electron chi connectivity index (χ2n) is 7.05. The van der Waals surface area contributed by atoms with Gasteiger partial charge in [-0.1, -0.05) is 23.5 Å². The zero-order valence-corrected chi connectivity index (χ0v) is 19.2. The molecule has 0 aliphatic heterocycles. The number of amides is 1. The van der Waals surface area contributed by atoms with E-state index in [4.69, 9.17) is 14.2 Å². The van der Waals surface area contributed by atoms with Gasteiger partial charge in [0.2, 0.25) is 5.75 Å². The summed E-state index contributed by atoms with van der Waals surface area (Å²) < 4.78 is 17.2. The van der Waals surface area contributed by atoms with E-state index in [1.165, 1.54) is 11.3 Å². The third-order valence-corrected chi connectivity index (χ3v) is 5.72. The molecule has 0 atom stereocenters. The fraction of sp³-hybridized carbons (Fsp3) is 0.304. The first-order chi connectivity index (χ1) is 15.0. The van der Waals surface area contributed by atoms with Crippen LogP contribution >= 0.6 is 11.3 Å². The number of hydrogen-bond acceptors (Lipinski definition) is 7. The van der Waals surface area contributed by atoms with E-state index in [-0.39, 0.29) is 5.91 Å². The Kier molecular flexibility index (Phi) is 7.49. The minimum absolute atomic E-state index is 0.144. The lowest BCUT2D eigenvalue weighted by molar-refractivity contribution is -0.114. The second-order valence-corrected chi connectivity index (χ2v) is 8.06. The van der Waals surface area contributed by atoms with Gasteiger partial charge in [-0.05, 0) is 50.0 Å². The number of aromatic nitrogens is 1. The van der Waals surface area contributed by atoms with Crippen molar-refractivity contribution in [2.75, 3.05) is 53.4 Å². The average molecular weight is 442 g/mol. The standard InChI is InChI=1S/C23H27N3O4S/c1-25(2)12-13-26(23-24-17-8-6-7-9-20(17)31-23)21(27)11-10-16-14-18(28-3)22(30-5)19(15-16)29-4/h6-11,14-15H,12-13H2,1-5H3. The van der Waals surface area contributed by atoms with Crippen LogP contribution in [0, 0.1) is 0 Å². The van der Waals surface area contributed by atoms with Crippen LogP contribution < -0.4 is 19.1 Å². The quantitative estimate of drug-likeness (QED) is 0.469. The number of para-hydroxylation sites is 1.